The van der Waals surface area contributed by atoms with Crippen LogP contribution in [0.4, 0.5) is 0 Å². The Morgan fingerprint density at radius 3 is 2.05 bits per heavy atom. The molecule has 4 atom stereocenters. The number of esters is 1. The molecule has 0 spiro atoms. The van der Waals surface area contributed by atoms with Crippen LogP contribution in [0.2, 0.25) is 0 Å². The highest BCUT2D eigenvalue weighted by atomic mass is 16.5. The maximum atomic E-state index is 11.5. The van der Waals surface area contributed by atoms with Crippen LogP contribution in [0.1, 0.15) is 51.9 Å². The van der Waals surface area contributed by atoms with E-state index in [-0.39, 0.29) is 6.42 Å². The van der Waals surface area contributed by atoms with Crippen molar-refractivity contribution in [1.29, 1.82) is 0 Å². The molecule has 5 N–H and O–H groups in total. The molecule has 0 fully saturated rings. The Hall–Kier alpha value is -0.730. The zero-order chi connectivity index (χ0) is 17.0. The standard InChI is InChI=1S/C15H30O7/c1-2-3-4-5-6-7-8-13(19)22-10-12(18)15(21)14(20)11(17)9-16/h11-12,14-18,20-21H,2-10H2,1H3/t11-,12+,14-,15-/m1/s1. The van der Waals surface area contributed by atoms with Gasteiger partial charge >= 0.3 is 5.97 Å². The largest absolute Gasteiger partial charge is 0.463 e. The molecule has 0 saturated carbocycles. The molecule has 7 heteroatoms. The molecule has 0 radical (unpaired) electrons. The first-order valence-electron chi connectivity index (χ1n) is 7.92. The number of carbonyl (C=O) groups is 1. The van der Waals surface area contributed by atoms with Crippen LogP contribution >= 0.6 is 0 Å². The smallest absolute Gasteiger partial charge is 0.305 e. The van der Waals surface area contributed by atoms with Crippen molar-refractivity contribution in [3.05, 3.63) is 0 Å². The van der Waals surface area contributed by atoms with E-state index >= 15 is 0 Å². The summed E-state index contributed by atoms with van der Waals surface area (Å²) >= 11 is 0. The molecule has 0 aliphatic heterocycles. The van der Waals surface area contributed by atoms with Crippen LogP contribution in [0, 0.1) is 0 Å². The van der Waals surface area contributed by atoms with Crippen molar-refractivity contribution in [1.82, 2.24) is 0 Å². The second kappa shape index (κ2) is 12.8. The predicted molar refractivity (Wildman–Crippen MR) is 80.1 cm³/mol. The Kier molecular flexibility index (Phi) is 12.4. The van der Waals surface area contributed by atoms with Crippen molar-refractivity contribution in [2.24, 2.45) is 0 Å². The molecule has 132 valence electrons. The minimum Gasteiger partial charge on any atom is -0.463 e. The summed E-state index contributed by atoms with van der Waals surface area (Å²) in [6, 6.07) is 0. The summed E-state index contributed by atoms with van der Waals surface area (Å²) in [4.78, 5) is 11.5. The fraction of sp³-hybridized carbons (Fsp3) is 0.933. The summed E-state index contributed by atoms with van der Waals surface area (Å²) in [7, 11) is 0. The van der Waals surface area contributed by atoms with Crippen molar-refractivity contribution in [2.45, 2.75) is 76.3 Å². The number of carbonyl (C=O) groups excluding carboxylic acids is 1. The van der Waals surface area contributed by atoms with Crippen molar-refractivity contribution in [2.75, 3.05) is 13.2 Å². The quantitative estimate of drug-likeness (QED) is 0.233. The lowest BCUT2D eigenvalue weighted by molar-refractivity contribution is -0.156. The van der Waals surface area contributed by atoms with E-state index in [0.29, 0.717) is 6.42 Å². The van der Waals surface area contributed by atoms with E-state index in [2.05, 4.69) is 6.92 Å². The monoisotopic (exact) mass is 322 g/mol. The highest BCUT2D eigenvalue weighted by Crippen LogP contribution is 2.09. The Morgan fingerprint density at radius 2 is 1.45 bits per heavy atom. The van der Waals surface area contributed by atoms with E-state index < -0.39 is 43.6 Å². The summed E-state index contributed by atoms with van der Waals surface area (Å²) in [6.07, 6.45) is -0.00877. The average molecular weight is 322 g/mol. The second-order valence-corrected chi connectivity index (χ2v) is 5.50. The lowest BCUT2D eigenvalue weighted by Crippen LogP contribution is -2.47. The first kappa shape index (κ1) is 21.3. The fourth-order valence-corrected chi connectivity index (χ4v) is 1.96. The first-order chi connectivity index (χ1) is 10.4. The molecule has 0 aromatic rings. The van der Waals surface area contributed by atoms with E-state index in [1.807, 2.05) is 0 Å². The summed E-state index contributed by atoms with van der Waals surface area (Å²) in [5.74, 6) is -0.473. The van der Waals surface area contributed by atoms with Crippen LogP contribution in [0.15, 0.2) is 0 Å². The van der Waals surface area contributed by atoms with E-state index in [1.54, 1.807) is 0 Å². The molecule has 0 aliphatic carbocycles. The molecule has 22 heavy (non-hydrogen) atoms. The third kappa shape index (κ3) is 9.32. The van der Waals surface area contributed by atoms with Crippen LogP contribution in [0.25, 0.3) is 0 Å². The number of ether oxygens (including phenoxy) is 1. The summed E-state index contributed by atoms with van der Waals surface area (Å²) < 4.78 is 4.81. The third-order valence-electron chi connectivity index (χ3n) is 3.47. The number of hydrogen-bond donors (Lipinski definition) is 5. The third-order valence-corrected chi connectivity index (χ3v) is 3.47. The molecule has 0 heterocycles. The molecule has 0 rings (SSSR count). The second-order valence-electron chi connectivity index (χ2n) is 5.50. The van der Waals surface area contributed by atoms with Gasteiger partial charge in [0.2, 0.25) is 0 Å². The highest BCUT2D eigenvalue weighted by molar-refractivity contribution is 5.69. The van der Waals surface area contributed by atoms with Crippen molar-refractivity contribution < 1.29 is 35.1 Å². The minimum absolute atomic E-state index is 0.247. The Bertz CT molecular complexity index is 285. The lowest BCUT2D eigenvalue weighted by atomic mass is 10.0. The average Bonchev–Trinajstić information content (AvgIpc) is 2.53. The number of aliphatic hydroxyl groups excluding tert-OH is 5. The SMILES string of the molecule is CCCCCCCCC(=O)OC[C@H](O)[C@@H](O)[C@H](O)[C@H](O)CO. The summed E-state index contributed by atoms with van der Waals surface area (Å²) in [5, 5.41) is 46.3. The van der Waals surface area contributed by atoms with E-state index in [1.165, 1.54) is 12.8 Å². The van der Waals surface area contributed by atoms with E-state index in [0.717, 1.165) is 19.3 Å². The van der Waals surface area contributed by atoms with Gasteiger partial charge in [0.1, 0.15) is 31.0 Å². The molecule has 0 aliphatic rings. The van der Waals surface area contributed by atoms with Gasteiger partial charge in [-0.05, 0) is 6.42 Å². The van der Waals surface area contributed by atoms with E-state index in [4.69, 9.17) is 14.9 Å². The van der Waals surface area contributed by atoms with Gasteiger partial charge in [0.15, 0.2) is 0 Å². The molecule has 0 unspecified atom stereocenters. The molecule has 0 bridgehead atoms. The van der Waals surface area contributed by atoms with Crippen LogP contribution in [-0.2, 0) is 9.53 Å². The van der Waals surface area contributed by atoms with E-state index in [9.17, 15) is 20.1 Å². The first-order valence-corrected chi connectivity index (χ1v) is 7.92. The molecule has 0 amide bonds. The van der Waals surface area contributed by atoms with Crippen LogP contribution < -0.4 is 0 Å². The topological polar surface area (TPSA) is 127 Å². The molecule has 0 saturated heterocycles. The van der Waals surface area contributed by atoms with Crippen LogP contribution in [0.5, 0.6) is 0 Å². The molecule has 0 aromatic heterocycles. The zero-order valence-corrected chi connectivity index (χ0v) is 13.2. The van der Waals surface area contributed by atoms with Crippen LogP contribution in [0.3, 0.4) is 0 Å². The van der Waals surface area contributed by atoms with Gasteiger partial charge in [-0.3, -0.25) is 4.79 Å². The molecule has 7 nitrogen and oxygen atoms in total. The van der Waals surface area contributed by atoms with Crippen LogP contribution in [-0.4, -0.2) is 69.1 Å². The van der Waals surface area contributed by atoms with Gasteiger partial charge in [-0.15, -0.1) is 0 Å². The molecular formula is C15H30O7. The van der Waals surface area contributed by atoms with Gasteiger partial charge in [0.05, 0.1) is 6.61 Å². The summed E-state index contributed by atoms with van der Waals surface area (Å²) in [5.41, 5.74) is 0. The number of aliphatic hydroxyl groups is 5. The normalized spacial score (nSPS) is 16.8. The zero-order valence-electron chi connectivity index (χ0n) is 13.2. The maximum absolute atomic E-state index is 11.5. The van der Waals surface area contributed by atoms with Gasteiger partial charge in [-0.25, -0.2) is 0 Å². The van der Waals surface area contributed by atoms with Gasteiger partial charge in [0.25, 0.3) is 0 Å². The Balaban J connectivity index is 3.80. The maximum Gasteiger partial charge on any atom is 0.305 e. The van der Waals surface area contributed by atoms with Gasteiger partial charge in [0, 0.05) is 6.42 Å². The summed E-state index contributed by atoms with van der Waals surface area (Å²) in [6.45, 7) is 0.918. The van der Waals surface area contributed by atoms with Gasteiger partial charge in [-0.1, -0.05) is 39.0 Å². The van der Waals surface area contributed by atoms with Crippen molar-refractivity contribution >= 4 is 5.97 Å². The number of hydrogen-bond acceptors (Lipinski definition) is 7. The Labute approximate surface area is 131 Å². The van der Waals surface area contributed by atoms with Crippen molar-refractivity contribution in [3.8, 4) is 0 Å². The number of rotatable bonds is 13. The van der Waals surface area contributed by atoms with Gasteiger partial charge < -0.3 is 30.3 Å². The highest BCUT2D eigenvalue weighted by Gasteiger charge is 2.30. The van der Waals surface area contributed by atoms with Gasteiger partial charge in [-0.2, -0.15) is 0 Å². The minimum atomic E-state index is -1.71. The Morgan fingerprint density at radius 1 is 0.909 bits per heavy atom. The fourth-order valence-electron chi connectivity index (χ4n) is 1.96. The molecule has 0 aromatic carbocycles. The van der Waals surface area contributed by atoms with Crippen molar-refractivity contribution in [3.63, 3.8) is 0 Å². The molecular weight excluding hydrogens is 292 g/mol. The number of unbranched alkanes of at least 4 members (excludes halogenated alkanes) is 5. The lowest BCUT2D eigenvalue weighted by Gasteiger charge is -2.25. The predicted octanol–water partition coefficient (Wildman–Crippen LogP) is -0.284.